The van der Waals surface area contributed by atoms with Gasteiger partial charge in [-0.05, 0) is 18.1 Å². The van der Waals surface area contributed by atoms with Crippen molar-refractivity contribution >= 4 is 11.7 Å². The van der Waals surface area contributed by atoms with Crippen molar-refractivity contribution < 1.29 is 4.79 Å². The van der Waals surface area contributed by atoms with Crippen LogP contribution < -0.4 is 5.32 Å². The number of anilines is 1. The van der Waals surface area contributed by atoms with Crippen LogP contribution in [0.5, 0.6) is 0 Å². The second-order valence-electron chi connectivity index (χ2n) is 2.45. The van der Waals surface area contributed by atoms with Gasteiger partial charge in [-0.2, -0.15) is 5.10 Å². The summed E-state index contributed by atoms with van der Waals surface area (Å²) >= 11 is 0. The molecule has 1 aromatic heterocycles. The molecule has 11 heavy (non-hydrogen) atoms. The van der Waals surface area contributed by atoms with E-state index in [0.717, 1.165) is 12.0 Å². The van der Waals surface area contributed by atoms with Gasteiger partial charge in [0.25, 0.3) is 0 Å². The van der Waals surface area contributed by atoms with Crippen LogP contribution in [0.15, 0.2) is 12.3 Å². The third kappa shape index (κ3) is 1.07. The maximum atomic E-state index is 10.8. The van der Waals surface area contributed by atoms with E-state index in [4.69, 9.17) is 0 Å². The number of aryl methyl sites for hydroxylation is 1. The van der Waals surface area contributed by atoms with Crippen molar-refractivity contribution in [1.29, 1.82) is 0 Å². The van der Waals surface area contributed by atoms with E-state index in [9.17, 15) is 4.79 Å². The van der Waals surface area contributed by atoms with Gasteiger partial charge in [0.05, 0.1) is 6.20 Å². The third-order valence-electron chi connectivity index (χ3n) is 1.68. The maximum Gasteiger partial charge on any atom is 0.225 e. The zero-order valence-corrected chi connectivity index (χ0v) is 5.87. The summed E-state index contributed by atoms with van der Waals surface area (Å²) in [5.74, 6) is 0.641. The van der Waals surface area contributed by atoms with Gasteiger partial charge in [0, 0.05) is 6.42 Å². The second-order valence-corrected chi connectivity index (χ2v) is 2.45. The van der Waals surface area contributed by atoms with Crippen molar-refractivity contribution in [2.24, 2.45) is 0 Å². The fourth-order valence-electron chi connectivity index (χ4n) is 1.11. The topological polar surface area (TPSA) is 54.9 Å². The van der Waals surface area contributed by atoms with E-state index in [-0.39, 0.29) is 5.91 Å². The standard InChI is InChI=1S/C7H7N3O/c11-6-2-1-5-3-4-8-10-7(5)9-6/h3-4H,1-2H2,(H,9,10,11). The number of amides is 1. The Morgan fingerprint density at radius 2 is 2.36 bits per heavy atom. The number of nitrogens with one attached hydrogen (secondary N) is 1. The molecule has 4 nitrogen and oxygen atoms in total. The average Bonchev–Trinajstić information content (AvgIpc) is 2.04. The first kappa shape index (κ1) is 6.27. The van der Waals surface area contributed by atoms with E-state index in [2.05, 4.69) is 15.5 Å². The molecule has 0 unspecified atom stereocenters. The monoisotopic (exact) mass is 149 g/mol. The van der Waals surface area contributed by atoms with Crippen molar-refractivity contribution in [2.45, 2.75) is 12.8 Å². The van der Waals surface area contributed by atoms with Crippen LogP contribution in [0, 0.1) is 0 Å². The summed E-state index contributed by atoms with van der Waals surface area (Å²) in [7, 11) is 0. The first-order valence-corrected chi connectivity index (χ1v) is 3.47. The largest absolute Gasteiger partial charge is 0.309 e. The Morgan fingerprint density at radius 3 is 3.27 bits per heavy atom. The van der Waals surface area contributed by atoms with Crippen LogP contribution in [0.3, 0.4) is 0 Å². The maximum absolute atomic E-state index is 10.8. The lowest BCUT2D eigenvalue weighted by Gasteiger charge is -2.13. The third-order valence-corrected chi connectivity index (χ3v) is 1.68. The summed E-state index contributed by atoms with van der Waals surface area (Å²) in [4.78, 5) is 10.8. The molecule has 1 aliphatic heterocycles. The van der Waals surface area contributed by atoms with Crippen molar-refractivity contribution in [3.05, 3.63) is 17.8 Å². The van der Waals surface area contributed by atoms with Crippen molar-refractivity contribution in [1.82, 2.24) is 10.2 Å². The number of hydrogen-bond acceptors (Lipinski definition) is 3. The van der Waals surface area contributed by atoms with Gasteiger partial charge in [-0.15, -0.1) is 5.10 Å². The van der Waals surface area contributed by atoms with E-state index >= 15 is 0 Å². The molecule has 1 aliphatic rings. The highest BCUT2D eigenvalue weighted by Gasteiger charge is 2.14. The lowest BCUT2D eigenvalue weighted by molar-refractivity contribution is -0.116. The Balaban J connectivity index is 2.41. The minimum atomic E-state index is 0.0259. The van der Waals surface area contributed by atoms with Gasteiger partial charge in [0.2, 0.25) is 5.91 Å². The lowest BCUT2D eigenvalue weighted by Crippen LogP contribution is -2.20. The van der Waals surface area contributed by atoms with Crippen molar-refractivity contribution in [3.8, 4) is 0 Å². The summed E-state index contributed by atoms with van der Waals surface area (Å²) in [6.07, 6.45) is 2.96. The molecule has 1 amide bonds. The Labute approximate surface area is 63.6 Å². The minimum absolute atomic E-state index is 0.0259. The molecule has 0 atom stereocenters. The Kier molecular flexibility index (Phi) is 1.31. The number of carbonyl (C=O) groups excluding carboxylic acids is 1. The van der Waals surface area contributed by atoms with Crippen LogP contribution >= 0.6 is 0 Å². The molecule has 0 aromatic carbocycles. The quantitative estimate of drug-likeness (QED) is 0.579. The van der Waals surface area contributed by atoms with Crippen molar-refractivity contribution in [2.75, 3.05) is 5.32 Å². The van der Waals surface area contributed by atoms with E-state index in [1.165, 1.54) is 0 Å². The Bertz CT molecular complexity index is 297. The second kappa shape index (κ2) is 2.30. The van der Waals surface area contributed by atoms with E-state index in [0.29, 0.717) is 12.2 Å². The number of rotatable bonds is 0. The van der Waals surface area contributed by atoms with Crippen LogP contribution in [0.2, 0.25) is 0 Å². The number of fused-ring (bicyclic) bond motifs is 1. The van der Waals surface area contributed by atoms with Gasteiger partial charge in [-0.1, -0.05) is 0 Å². The molecule has 1 N–H and O–H groups in total. The van der Waals surface area contributed by atoms with E-state index in [1.807, 2.05) is 6.07 Å². The van der Waals surface area contributed by atoms with Gasteiger partial charge in [-0.3, -0.25) is 4.79 Å². The van der Waals surface area contributed by atoms with Gasteiger partial charge >= 0.3 is 0 Å². The highest BCUT2D eigenvalue weighted by Crippen LogP contribution is 2.17. The van der Waals surface area contributed by atoms with E-state index in [1.54, 1.807) is 6.20 Å². The van der Waals surface area contributed by atoms with Gasteiger partial charge in [0.15, 0.2) is 5.82 Å². The summed E-state index contributed by atoms with van der Waals surface area (Å²) < 4.78 is 0. The highest BCUT2D eigenvalue weighted by atomic mass is 16.1. The molecular formula is C7H7N3O. The number of carbonyl (C=O) groups is 1. The molecule has 2 heterocycles. The predicted octanol–water partition coefficient (Wildman–Crippen LogP) is 0.361. The highest BCUT2D eigenvalue weighted by molar-refractivity contribution is 5.92. The summed E-state index contributed by atoms with van der Waals surface area (Å²) in [6.45, 7) is 0. The smallest absolute Gasteiger partial charge is 0.225 e. The number of aromatic nitrogens is 2. The predicted molar refractivity (Wildman–Crippen MR) is 39.0 cm³/mol. The number of hydrogen-bond donors (Lipinski definition) is 1. The summed E-state index contributed by atoms with van der Waals surface area (Å²) in [5.41, 5.74) is 1.07. The van der Waals surface area contributed by atoms with Crippen LogP contribution in [0.4, 0.5) is 5.82 Å². The molecule has 0 spiro atoms. The average molecular weight is 149 g/mol. The Morgan fingerprint density at radius 1 is 1.45 bits per heavy atom. The minimum Gasteiger partial charge on any atom is -0.309 e. The van der Waals surface area contributed by atoms with Crippen LogP contribution in [0.1, 0.15) is 12.0 Å². The van der Waals surface area contributed by atoms with Crippen LogP contribution in [-0.4, -0.2) is 16.1 Å². The Hall–Kier alpha value is -1.45. The number of nitrogens with zero attached hydrogens (tertiary/aromatic N) is 2. The zero-order valence-electron chi connectivity index (χ0n) is 5.87. The molecule has 0 aliphatic carbocycles. The molecule has 1 aromatic rings. The molecule has 0 radical (unpaired) electrons. The summed E-state index contributed by atoms with van der Waals surface area (Å²) in [5, 5.41) is 10.1. The van der Waals surface area contributed by atoms with Crippen LogP contribution in [-0.2, 0) is 11.2 Å². The molecule has 0 bridgehead atoms. The SMILES string of the molecule is O=C1CCc2ccnnc2N1. The molecule has 4 heteroatoms. The molecule has 0 fully saturated rings. The summed E-state index contributed by atoms with van der Waals surface area (Å²) in [6, 6.07) is 1.88. The molecule has 0 saturated heterocycles. The molecule has 2 rings (SSSR count). The molecule has 0 saturated carbocycles. The fraction of sp³-hybridized carbons (Fsp3) is 0.286. The van der Waals surface area contributed by atoms with E-state index < -0.39 is 0 Å². The molecular weight excluding hydrogens is 142 g/mol. The zero-order chi connectivity index (χ0) is 7.68. The first-order valence-electron chi connectivity index (χ1n) is 3.47. The van der Waals surface area contributed by atoms with Gasteiger partial charge in [-0.25, -0.2) is 0 Å². The van der Waals surface area contributed by atoms with Crippen molar-refractivity contribution in [3.63, 3.8) is 0 Å². The van der Waals surface area contributed by atoms with Gasteiger partial charge < -0.3 is 5.32 Å². The van der Waals surface area contributed by atoms with Gasteiger partial charge in [0.1, 0.15) is 0 Å². The lowest BCUT2D eigenvalue weighted by atomic mass is 10.1. The van der Waals surface area contributed by atoms with Crippen LogP contribution in [0.25, 0.3) is 0 Å². The first-order chi connectivity index (χ1) is 5.36. The normalized spacial score (nSPS) is 15.5. The molecule has 56 valence electrons. The fourth-order valence-corrected chi connectivity index (χ4v) is 1.11.